The Labute approximate surface area is 147 Å². The zero-order valence-electron chi connectivity index (χ0n) is 14.4. The van der Waals surface area contributed by atoms with Crippen molar-refractivity contribution < 1.29 is 14.3 Å². The molecule has 1 unspecified atom stereocenters. The van der Waals surface area contributed by atoms with Gasteiger partial charge < -0.3 is 14.4 Å². The summed E-state index contributed by atoms with van der Waals surface area (Å²) in [6, 6.07) is 9.89. The number of ether oxygens (including phenoxy) is 2. The second kappa shape index (κ2) is 6.88. The number of hydrogen-bond acceptors (Lipinski definition) is 4. The van der Waals surface area contributed by atoms with Gasteiger partial charge in [0.2, 0.25) is 0 Å². The average Bonchev–Trinajstić information content (AvgIpc) is 3.39. The van der Waals surface area contributed by atoms with E-state index in [1.165, 1.54) is 18.4 Å². The van der Waals surface area contributed by atoms with E-state index in [1.54, 1.807) is 7.11 Å². The van der Waals surface area contributed by atoms with Crippen LogP contribution in [0.15, 0.2) is 30.3 Å². The number of amides is 1. The summed E-state index contributed by atoms with van der Waals surface area (Å²) in [6.07, 6.45) is 3.17. The highest BCUT2D eigenvalue weighted by molar-refractivity contribution is 5.92. The summed E-state index contributed by atoms with van der Waals surface area (Å²) in [5, 5.41) is 7.22. The number of rotatable bonds is 5. The first kappa shape index (κ1) is 16.1. The minimum absolute atomic E-state index is 0.00735. The third kappa shape index (κ3) is 3.69. The Balaban J connectivity index is 1.38. The first-order valence-corrected chi connectivity index (χ1v) is 8.82. The smallest absolute Gasteiger partial charge is 0.274 e. The molecule has 1 saturated heterocycles. The summed E-state index contributed by atoms with van der Waals surface area (Å²) in [7, 11) is 1.66. The lowest BCUT2D eigenvalue weighted by Gasteiger charge is -2.32. The van der Waals surface area contributed by atoms with Gasteiger partial charge in [-0.1, -0.05) is 12.1 Å². The van der Waals surface area contributed by atoms with Gasteiger partial charge in [0.1, 0.15) is 11.4 Å². The maximum atomic E-state index is 12.7. The van der Waals surface area contributed by atoms with Gasteiger partial charge in [0.15, 0.2) is 0 Å². The van der Waals surface area contributed by atoms with Crippen LogP contribution in [0.5, 0.6) is 5.75 Å². The standard InChI is InChI=1S/C19H23N3O3/c1-24-15-6-2-13(3-7-15)10-16-12-22(8-9-25-16)19(23)18-11-17(20-21-18)14-4-5-14/h2-3,6-7,11,14,16H,4-5,8-10,12H2,1H3,(H,20,21). The lowest BCUT2D eigenvalue weighted by atomic mass is 10.1. The maximum Gasteiger partial charge on any atom is 0.274 e. The Morgan fingerprint density at radius 2 is 2.16 bits per heavy atom. The van der Waals surface area contributed by atoms with Crippen LogP contribution >= 0.6 is 0 Å². The lowest BCUT2D eigenvalue weighted by molar-refractivity contribution is -0.0210. The third-order valence-electron chi connectivity index (χ3n) is 4.88. The number of carbonyl (C=O) groups excluding carboxylic acids is 1. The summed E-state index contributed by atoms with van der Waals surface area (Å²) in [4.78, 5) is 14.6. The molecule has 1 saturated carbocycles. The van der Waals surface area contributed by atoms with Crippen LogP contribution in [-0.4, -0.2) is 53.9 Å². The molecule has 132 valence electrons. The Morgan fingerprint density at radius 1 is 1.36 bits per heavy atom. The Hall–Kier alpha value is -2.34. The van der Waals surface area contributed by atoms with Gasteiger partial charge in [-0.15, -0.1) is 0 Å². The predicted octanol–water partition coefficient (Wildman–Crippen LogP) is 2.38. The summed E-state index contributed by atoms with van der Waals surface area (Å²) in [6.45, 7) is 1.77. The summed E-state index contributed by atoms with van der Waals surface area (Å²) in [5.41, 5.74) is 2.79. The molecule has 2 fully saturated rings. The van der Waals surface area contributed by atoms with Crippen LogP contribution in [-0.2, 0) is 11.2 Å². The van der Waals surface area contributed by atoms with Crippen molar-refractivity contribution in [2.75, 3.05) is 26.8 Å². The van der Waals surface area contributed by atoms with Gasteiger partial charge in [-0.2, -0.15) is 5.10 Å². The van der Waals surface area contributed by atoms with Gasteiger partial charge in [0, 0.05) is 31.1 Å². The van der Waals surface area contributed by atoms with Crippen molar-refractivity contribution in [2.45, 2.75) is 31.3 Å². The Kier molecular flexibility index (Phi) is 4.44. The number of H-pyrrole nitrogens is 1. The summed E-state index contributed by atoms with van der Waals surface area (Å²) < 4.78 is 11.0. The summed E-state index contributed by atoms with van der Waals surface area (Å²) in [5.74, 6) is 1.41. The van der Waals surface area contributed by atoms with E-state index in [9.17, 15) is 4.79 Å². The van der Waals surface area contributed by atoms with Crippen LogP contribution in [0.1, 0.15) is 40.5 Å². The number of benzene rings is 1. The molecular formula is C19H23N3O3. The second-order valence-electron chi connectivity index (χ2n) is 6.78. The average molecular weight is 341 g/mol. The van der Waals surface area contributed by atoms with Crippen LogP contribution in [0.25, 0.3) is 0 Å². The largest absolute Gasteiger partial charge is 0.497 e. The minimum atomic E-state index is -0.00817. The summed E-state index contributed by atoms with van der Waals surface area (Å²) >= 11 is 0. The van der Waals surface area contributed by atoms with E-state index in [4.69, 9.17) is 9.47 Å². The molecule has 2 heterocycles. The zero-order valence-corrected chi connectivity index (χ0v) is 14.4. The number of nitrogens with one attached hydrogen (secondary N) is 1. The first-order chi connectivity index (χ1) is 12.2. The highest BCUT2D eigenvalue weighted by Crippen LogP contribution is 2.39. The van der Waals surface area contributed by atoms with E-state index < -0.39 is 0 Å². The molecule has 6 nitrogen and oxygen atoms in total. The normalized spacial score (nSPS) is 20.5. The van der Waals surface area contributed by atoms with E-state index in [0.29, 0.717) is 31.3 Å². The van der Waals surface area contributed by atoms with Crippen molar-refractivity contribution >= 4 is 5.91 Å². The first-order valence-electron chi connectivity index (χ1n) is 8.82. The van der Waals surface area contributed by atoms with E-state index in [2.05, 4.69) is 10.2 Å². The number of nitrogens with zero attached hydrogens (tertiary/aromatic N) is 2. The molecule has 1 atom stereocenters. The highest BCUT2D eigenvalue weighted by Gasteiger charge is 2.29. The maximum absolute atomic E-state index is 12.7. The monoisotopic (exact) mass is 341 g/mol. The van der Waals surface area contributed by atoms with E-state index in [-0.39, 0.29) is 12.0 Å². The molecule has 1 aliphatic carbocycles. The van der Waals surface area contributed by atoms with Gasteiger partial charge in [-0.3, -0.25) is 9.89 Å². The van der Waals surface area contributed by atoms with Gasteiger partial charge in [-0.05, 0) is 36.6 Å². The fraction of sp³-hybridized carbons (Fsp3) is 0.474. The van der Waals surface area contributed by atoms with Gasteiger partial charge in [0.25, 0.3) is 5.91 Å². The van der Waals surface area contributed by atoms with Crippen molar-refractivity contribution in [2.24, 2.45) is 0 Å². The van der Waals surface area contributed by atoms with Crippen LogP contribution in [0.4, 0.5) is 0 Å². The predicted molar refractivity (Wildman–Crippen MR) is 92.9 cm³/mol. The number of aromatic nitrogens is 2. The van der Waals surface area contributed by atoms with Crippen LogP contribution in [0.3, 0.4) is 0 Å². The van der Waals surface area contributed by atoms with E-state index >= 15 is 0 Å². The van der Waals surface area contributed by atoms with Gasteiger partial charge in [-0.25, -0.2) is 0 Å². The molecule has 2 aliphatic rings. The van der Waals surface area contributed by atoms with E-state index in [1.807, 2.05) is 35.2 Å². The molecule has 2 aromatic rings. The fourth-order valence-electron chi connectivity index (χ4n) is 3.26. The van der Waals surface area contributed by atoms with Crippen LogP contribution in [0.2, 0.25) is 0 Å². The molecule has 1 aliphatic heterocycles. The Morgan fingerprint density at radius 3 is 2.88 bits per heavy atom. The molecule has 1 amide bonds. The number of hydrogen-bond donors (Lipinski definition) is 1. The molecule has 1 N–H and O–H groups in total. The molecule has 0 bridgehead atoms. The highest BCUT2D eigenvalue weighted by atomic mass is 16.5. The fourth-order valence-corrected chi connectivity index (χ4v) is 3.26. The van der Waals surface area contributed by atoms with Gasteiger partial charge >= 0.3 is 0 Å². The quantitative estimate of drug-likeness (QED) is 0.907. The SMILES string of the molecule is COc1ccc(CC2CN(C(=O)c3cc(C4CC4)[nH]n3)CCO2)cc1. The third-order valence-corrected chi connectivity index (χ3v) is 4.88. The van der Waals surface area contributed by atoms with Crippen molar-refractivity contribution in [3.63, 3.8) is 0 Å². The van der Waals surface area contributed by atoms with Gasteiger partial charge in [0.05, 0.1) is 19.8 Å². The Bertz CT molecular complexity index is 737. The molecule has 0 radical (unpaired) electrons. The molecule has 6 heteroatoms. The van der Waals surface area contributed by atoms with E-state index in [0.717, 1.165) is 17.9 Å². The molecule has 25 heavy (non-hydrogen) atoms. The lowest BCUT2D eigenvalue weighted by Crippen LogP contribution is -2.46. The number of morpholine rings is 1. The van der Waals surface area contributed by atoms with Crippen LogP contribution in [0, 0.1) is 0 Å². The molecule has 4 rings (SSSR count). The molecule has 1 aromatic carbocycles. The molecular weight excluding hydrogens is 318 g/mol. The van der Waals surface area contributed by atoms with Crippen molar-refractivity contribution in [1.82, 2.24) is 15.1 Å². The van der Waals surface area contributed by atoms with Crippen LogP contribution < -0.4 is 4.74 Å². The number of carbonyl (C=O) groups is 1. The molecule has 1 aromatic heterocycles. The second-order valence-corrected chi connectivity index (χ2v) is 6.78. The van der Waals surface area contributed by atoms with Crippen molar-refractivity contribution in [3.8, 4) is 5.75 Å². The minimum Gasteiger partial charge on any atom is -0.497 e. The molecule has 0 spiro atoms. The number of aromatic amines is 1. The van der Waals surface area contributed by atoms with Crippen molar-refractivity contribution in [1.29, 1.82) is 0 Å². The zero-order chi connectivity index (χ0) is 17.2. The van der Waals surface area contributed by atoms with Crippen molar-refractivity contribution in [3.05, 3.63) is 47.3 Å². The topological polar surface area (TPSA) is 67.5 Å². The number of methoxy groups -OCH3 is 1.